The average Bonchev–Trinajstić information content (AvgIpc) is 3.13. The fraction of sp³-hybridized carbons (Fsp3) is 0.464. The van der Waals surface area contributed by atoms with E-state index in [0.29, 0.717) is 6.42 Å². The molecule has 0 spiro atoms. The Morgan fingerprint density at radius 2 is 1.54 bits per heavy atom. The van der Waals surface area contributed by atoms with Crippen LogP contribution in [0, 0.1) is 17.8 Å². The van der Waals surface area contributed by atoms with Crippen molar-refractivity contribution in [2.24, 2.45) is 17.8 Å². The number of fused-ring (bicyclic) bond motifs is 3. The molecule has 7 nitrogen and oxygen atoms in total. The van der Waals surface area contributed by atoms with Gasteiger partial charge in [0.1, 0.15) is 6.61 Å². The van der Waals surface area contributed by atoms with Crippen molar-refractivity contribution in [2.75, 3.05) is 13.2 Å². The Hall–Kier alpha value is -3.35. The lowest BCUT2D eigenvalue weighted by molar-refractivity contribution is -0.144. The van der Waals surface area contributed by atoms with Gasteiger partial charge in [0, 0.05) is 18.5 Å². The summed E-state index contributed by atoms with van der Waals surface area (Å²) >= 11 is 0. The van der Waals surface area contributed by atoms with Crippen LogP contribution in [0.5, 0.6) is 0 Å². The number of hydrogen-bond acceptors (Lipinski definition) is 4. The highest BCUT2D eigenvalue weighted by molar-refractivity contribution is 5.81. The molecule has 3 rings (SSSR count). The van der Waals surface area contributed by atoms with Gasteiger partial charge in [-0.3, -0.25) is 9.59 Å². The fourth-order valence-corrected chi connectivity index (χ4v) is 5.04. The van der Waals surface area contributed by atoms with Gasteiger partial charge >= 0.3 is 12.1 Å². The predicted molar refractivity (Wildman–Crippen MR) is 135 cm³/mol. The maximum atomic E-state index is 12.9. The number of carboxylic acid groups (broad SMARTS) is 1. The Morgan fingerprint density at radius 3 is 2.06 bits per heavy atom. The molecule has 3 atom stereocenters. The minimum atomic E-state index is -0.934. The summed E-state index contributed by atoms with van der Waals surface area (Å²) in [7, 11) is 0. The number of carbonyl (C=O) groups excluding carboxylic acids is 2. The topological polar surface area (TPSA) is 105 Å². The number of carbonyl (C=O) groups is 3. The van der Waals surface area contributed by atoms with Gasteiger partial charge in [0.25, 0.3) is 0 Å². The number of benzene rings is 2. The molecule has 2 aromatic rings. The van der Waals surface area contributed by atoms with Gasteiger partial charge in [-0.2, -0.15) is 0 Å². The Morgan fingerprint density at radius 1 is 0.971 bits per heavy atom. The molecule has 3 unspecified atom stereocenters. The SMILES string of the molecule is CCCC(CNC(=O)OCC1c2ccccc2-c2ccccc21)C(=O)NC(C)C(C(=O)O)C(C)C. The summed E-state index contributed by atoms with van der Waals surface area (Å²) in [5, 5.41) is 15.1. The summed E-state index contributed by atoms with van der Waals surface area (Å²) < 4.78 is 5.57. The van der Waals surface area contributed by atoms with Crippen molar-refractivity contribution < 1.29 is 24.2 Å². The maximum absolute atomic E-state index is 12.9. The number of ether oxygens (including phenoxy) is 1. The van der Waals surface area contributed by atoms with E-state index in [1.807, 2.05) is 45.0 Å². The minimum Gasteiger partial charge on any atom is -0.481 e. The van der Waals surface area contributed by atoms with Gasteiger partial charge in [0.15, 0.2) is 0 Å². The molecule has 2 aromatic carbocycles. The molecule has 0 heterocycles. The van der Waals surface area contributed by atoms with Gasteiger partial charge in [-0.25, -0.2) is 4.79 Å². The van der Waals surface area contributed by atoms with Crippen LogP contribution in [0.15, 0.2) is 48.5 Å². The Bertz CT molecular complexity index is 1010. The average molecular weight is 481 g/mol. The third-order valence-corrected chi connectivity index (χ3v) is 6.76. The van der Waals surface area contributed by atoms with Crippen LogP contribution in [0.2, 0.25) is 0 Å². The second-order valence-corrected chi connectivity index (χ2v) is 9.60. The zero-order valence-corrected chi connectivity index (χ0v) is 20.9. The number of carboxylic acids is 1. The highest BCUT2D eigenvalue weighted by Crippen LogP contribution is 2.44. The van der Waals surface area contributed by atoms with Crippen LogP contribution in [0.1, 0.15) is 57.6 Å². The largest absolute Gasteiger partial charge is 0.481 e. The first kappa shape index (κ1) is 26.3. The number of hydrogen-bond donors (Lipinski definition) is 3. The first-order chi connectivity index (χ1) is 16.7. The highest BCUT2D eigenvalue weighted by Gasteiger charge is 2.31. The van der Waals surface area contributed by atoms with Crippen molar-refractivity contribution in [2.45, 2.75) is 52.5 Å². The summed E-state index contributed by atoms with van der Waals surface area (Å²) in [5.41, 5.74) is 4.59. The lowest BCUT2D eigenvalue weighted by Crippen LogP contribution is -2.47. The van der Waals surface area contributed by atoms with E-state index in [9.17, 15) is 19.5 Å². The fourth-order valence-electron chi connectivity index (χ4n) is 5.04. The van der Waals surface area contributed by atoms with Gasteiger partial charge in [0.2, 0.25) is 5.91 Å². The number of alkyl carbamates (subject to hydrolysis) is 1. The Kier molecular flexibility index (Phi) is 8.90. The standard InChI is InChI=1S/C28H36N2O5/c1-5-10-19(26(31)30-18(4)25(17(2)3)27(32)33)15-29-28(34)35-16-24-22-13-8-6-11-20(22)21-12-7-9-14-23(21)24/h6-9,11-14,17-19,24-25H,5,10,15-16H2,1-4H3,(H,29,34)(H,30,31)(H,32,33). The van der Waals surface area contributed by atoms with E-state index in [1.54, 1.807) is 6.92 Å². The minimum absolute atomic E-state index is 0.0345. The lowest BCUT2D eigenvalue weighted by atomic mass is 9.89. The van der Waals surface area contributed by atoms with Gasteiger partial charge in [0.05, 0.1) is 11.8 Å². The quantitative estimate of drug-likeness (QED) is 0.428. The Labute approximate surface area is 207 Å². The van der Waals surface area contributed by atoms with Crippen LogP contribution in [0.25, 0.3) is 11.1 Å². The molecular formula is C28H36N2O5. The number of rotatable bonds is 11. The van der Waals surface area contributed by atoms with Crippen molar-refractivity contribution in [1.82, 2.24) is 10.6 Å². The number of nitrogens with one attached hydrogen (secondary N) is 2. The Balaban J connectivity index is 1.57. The van der Waals surface area contributed by atoms with Crippen LogP contribution in [-0.2, 0) is 14.3 Å². The molecule has 1 aliphatic carbocycles. The summed E-state index contributed by atoms with van der Waals surface area (Å²) in [6, 6.07) is 15.7. The molecule has 0 bridgehead atoms. The van der Waals surface area contributed by atoms with E-state index in [0.717, 1.165) is 28.7 Å². The van der Waals surface area contributed by atoms with Crippen LogP contribution in [0.4, 0.5) is 4.79 Å². The van der Waals surface area contributed by atoms with Crippen molar-refractivity contribution in [3.63, 3.8) is 0 Å². The summed E-state index contributed by atoms with van der Waals surface area (Å²) in [6.45, 7) is 7.65. The molecule has 1 aliphatic rings. The van der Waals surface area contributed by atoms with Crippen LogP contribution < -0.4 is 10.6 Å². The maximum Gasteiger partial charge on any atom is 0.407 e. The third kappa shape index (κ3) is 6.21. The van der Waals surface area contributed by atoms with Gasteiger partial charge in [-0.15, -0.1) is 0 Å². The predicted octanol–water partition coefficient (Wildman–Crippen LogP) is 4.80. The highest BCUT2D eigenvalue weighted by atomic mass is 16.5. The molecule has 188 valence electrons. The zero-order chi connectivity index (χ0) is 25.5. The molecule has 7 heteroatoms. The van der Waals surface area contributed by atoms with Crippen molar-refractivity contribution in [1.29, 1.82) is 0 Å². The third-order valence-electron chi connectivity index (χ3n) is 6.76. The number of amides is 2. The van der Waals surface area contributed by atoms with Gasteiger partial charge < -0.3 is 20.5 Å². The van der Waals surface area contributed by atoms with Crippen molar-refractivity contribution in [3.8, 4) is 11.1 Å². The van der Waals surface area contributed by atoms with Crippen LogP contribution in [-0.4, -0.2) is 42.3 Å². The molecule has 0 fully saturated rings. The lowest BCUT2D eigenvalue weighted by Gasteiger charge is -2.26. The molecule has 0 saturated carbocycles. The second kappa shape index (κ2) is 11.9. The molecule has 0 saturated heterocycles. The van der Waals surface area contributed by atoms with E-state index in [-0.39, 0.29) is 30.9 Å². The molecule has 0 aliphatic heterocycles. The van der Waals surface area contributed by atoms with Crippen LogP contribution >= 0.6 is 0 Å². The van der Waals surface area contributed by atoms with Crippen molar-refractivity contribution in [3.05, 3.63) is 59.7 Å². The van der Waals surface area contributed by atoms with Gasteiger partial charge in [-0.05, 0) is 41.5 Å². The van der Waals surface area contributed by atoms with E-state index >= 15 is 0 Å². The number of aliphatic carboxylic acids is 1. The molecule has 35 heavy (non-hydrogen) atoms. The molecule has 0 radical (unpaired) electrons. The monoisotopic (exact) mass is 480 g/mol. The second-order valence-electron chi connectivity index (χ2n) is 9.60. The van der Waals surface area contributed by atoms with Crippen molar-refractivity contribution >= 4 is 18.0 Å². The van der Waals surface area contributed by atoms with Gasteiger partial charge in [-0.1, -0.05) is 75.7 Å². The van der Waals surface area contributed by atoms with E-state index < -0.39 is 29.9 Å². The summed E-state index contributed by atoms with van der Waals surface area (Å²) in [5.74, 6) is -2.50. The van der Waals surface area contributed by atoms with E-state index in [1.165, 1.54) is 0 Å². The summed E-state index contributed by atoms with van der Waals surface area (Å²) in [4.78, 5) is 37.0. The summed E-state index contributed by atoms with van der Waals surface area (Å²) in [6.07, 6.45) is 0.756. The zero-order valence-electron chi connectivity index (χ0n) is 20.9. The van der Waals surface area contributed by atoms with Crippen LogP contribution in [0.3, 0.4) is 0 Å². The first-order valence-corrected chi connectivity index (χ1v) is 12.4. The van der Waals surface area contributed by atoms with E-state index in [2.05, 4.69) is 34.9 Å². The smallest absolute Gasteiger partial charge is 0.407 e. The molecule has 3 N–H and O–H groups in total. The molecule has 0 aromatic heterocycles. The molecular weight excluding hydrogens is 444 g/mol. The normalized spacial score (nSPS) is 15.0. The van der Waals surface area contributed by atoms with E-state index in [4.69, 9.17) is 4.74 Å². The first-order valence-electron chi connectivity index (χ1n) is 12.4. The molecule has 2 amide bonds.